The number of hydrogen-bond acceptors (Lipinski definition) is 3. The fraction of sp³-hybridized carbons (Fsp3) is 0.385. The molecule has 0 N–H and O–H groups in total. The number of rotatable bonds is 5. The van der Waals surface area contributed by atoms with Crippen molar-refractivity contribution in [3.63, 3.8) is 0 Å². The second kappa shape index (κ2) is 6.00. The van der Waals surface area contributed by atoms with Crippen LogP contribution in [0.25, 0.3) is 0 Å². The van der Waals surface area contributed by atoms with Gasteiger partial charge < -0.3 is 4.90 Å². The van der Waals surface area contributed by atoms with Gasteiger partial charge in [0, 0.05) is 23.8 Å². The van der Waals surface area contributed by atoms with Gasteiger partial charge in [0.25, 0.3) is 0 Å². The highest BCUT2D eigenvalue weighted by molar-refractivity contribution is 5.84. The van der Waals surface area contributed by atoms with Gasteiger partial charge >= 0.3 is 0 Å². The maximum absolute atomic E-state index is 13.0. The van der Waals surface area contributed by atoms with Crippen molar-refractivity contribution in [2.75, 3.05) is 11.4 Å². The minimum atomic E-state index is -0.431. The molecule has 1 rings (SSSR count). The van der Waals surface area contributed by atoms with Crippen molar-refractivity contribution in [2.24, 2.45) is 0 Å². The Kier molecular flexibility index (Phi) is 4.65. The van der Waals surface area contributed by atoms with E-state index in [1.165, 1.54) is 12.1 Å². The molecule has 0 amide bonds. The molecule has 90 valence electrons. The lowest BCUT2D eigenvalue weighted by atomic mass is 10.1. The van der Waals surface area contributed by atoms with E-state index in [2.05, 4.69) is 6.07 Å². The van der Waals surface area contributed by atoms with Gasteiger partial charge in [-0.15, -0.1) is 0 Å². The topological polar surface area (TPSA) is 44.1 Å². The first-order chi connectivity index (χ1) is 8.10. The molecule has 0 aromatic heterocycles. The lowest BCUT2D eigenvalue weighted by Gasteiger charge is -2.29. The maximum atomic E-state index is 13.0. The summed E-state index contributed by atoms with van der Waals surface area (Å²) in [5.74, 6) is -0.431. The lowest BCUT2D eigenvalue weighted by Crippen LogP contribution is -2.32. The van der Waals surface area contributed by atoms with Crippen molar-refractivity contribution in [1.29, 1.82) is 5.26 Å². The summed E-state index contributed by atoms with van der Waals surface area (Å²) in [4.78, 5) is 12.8. The molecule has 1 aromatic rings. The Morgan fingerprint density at radius 1 is 1.53 bits per heavy atom. The van der Waals surface area contributed by atoms with Crippen LogP contribution in [-0.2, 0) is 0 Å². The van der Waals surface area contributed by atoms with Crippen LogP contribution < -0.4 is 4.90 Å². The highest BCUT2D eigenvalue weighted by atomic mass is 19.1. The molecular weight excluding hydrogens is 219 g/mol. The van der Waals surface area contributed by atoms with E-state index in [0.717, 1.165) is 0 Å². The standard InChI is InChI=1S/C13H15FN2O/c1-10(2)16(7-3-6-15)13-5-4-12(14)8-11(13)9-17/h4-5,8-10H,3,7H2,1-2H3. The van der Waals surface area contributed by atoms with Crippen LogP contribution in [0, 0.1) is 17.1 Å². The van der Waals surface area contributed by atoms with Gasteiger partial charge in [0.1, 0.15) is 5.82 Å². The zero-order chi connectivity index (χ0) is 12.8. The molecule has 0 bridgehead atoms. The van der Waals surface area contributed by atoms with Crippen molar-refractivity contribution in [3.05, 3.63) is 29.6 Å². The van der Waals surface area contributed by atoms with E-state index in [1.54, 1.807) is 6.07 Å². The molecule has 0 aliphatic carbocycles. The lowest BCUT2D eigenvalue weighted by molar-refractivity contribution is 0.112. The summed E-state index contributed by atoms with van der Waals surface area (Å²) in [5, 5.41) is 8.61. The van der Waals surface area contributed by atoms with E-state index in [0.29, 0.717) is 30.5 Å². The monoisotopic (exact) mass is 234 g/mol. The first-order valence-corrected chi connectivity index (χ1v) is 5.48. The number of benzene rings is 1. The molecule has 3 nitrogen and oxygen atoms in total. The molecule has 0 spiro atoms. The van der Waals surface area contributed by atoms with E-state index in [9.17, 15) is 9.18 Å². The van der Waals surface area contributed by atoms with Crippen molar-refractivity contribution < 1.29 is 9.18 Å². The Balaban J connectivity index is 3.09. The van der Waals surface area contributed by atoms with Gasteiger partial charge in [-0.1, -0.05) is 0 Å². The zero-order valence-electron chi connectivity index (χ0n) is 9.98. The zero-order valence-corrected chi connectivity index (χ0v) is 9.98. The third-order valence-corrected chi connectivity index (χ3v) is 2.51. The molecule has 0 fully saturated rings. The van der Waals surface area contributed by atoms with Crippen LogP contribution in [0.3, 0.4) is 0 Å². The number of anilines is 1. The van der Waals surface area contributed by atoms with Gasteiger partial charge in [0.05, 0.1) is 12.5 Å². The smallest absolute Gasteiger partial charge is 0.152 e. The number of halogens is 1. The molecule has 0 saturated carbocycles. The van der Waals surface area contributed by atoms with Gasteiger partial charge in [-0.05, 0) is 32.0 Å². The largest absolute Gasteiger partial charge is 0.367 e. The fourth-order valence-electron chi connectivity index (χ4n) is 1.71. The van der Waals surface area contributed by atoms with Crippen LogP contribution in [0.4, 0.5) is 10.1 Å². The normalized spacial score (nSPS) is 10.1. The number of nitrogens with zero attached hydrogens (tertiary/aromatic N) is 2. The van der Waals surface area contributed by atoms with Crippen molar-refractivity contribution in [1.82, 2.24) is 0 Å². The Hall–Kier alpha value is -1.89. The van der Waals surface area contributed by atoms with Crippen molar-refractivity contribution in [2.45, 2.75) is 26.3 Å². The SMILES string of the molecule is CC(C)N(CCC#N)c1ccc(F)cc1C=O. The Bertz CT molecular complexity index is 438. The molecule has 0 aliphatic rings. The van der Waals surface area contributed by atoms with E-state index >= 15 is 0 Å². The molecule has 0 atom stereocenters. The molecular formula is C13H15FN2O. The summed E-state index contributed by atoms with van der Waals surface area (Å²) in [5.41, 5.74) is 0.989. The first-order valence-electron chi connectivity index (χ1n) is 5.48. The Morgan fingerprint density at radius 3 is 2.76 bits per heavy atom. The number of nitriles is 1. The minimum absolute atomic E-state index is 0.146. The molecule has 0 radical (unpaired) electrons. The van der Waals surface area contributed by atoms with Gasteiger partial charge in [0.2, 0.25) is 0 Å². The minimum Gasteiger partial charge on any atom is -0.367 e. The van der Waals surface area contributed by atoms with Crippen LogP contribution in [0.5, 0.6) is 0 Å². The first kappa shape index (κ1) is 13.2. The summed E-state index contributed by atoms with van der Waals surface area (Å²) >= 11 is 0. The van der Waals surface area contributed by atoms with Gasteiger partial charge in [-0.25, -0.2) is 4.39 Å². The summed E-state index contributed by atoms with van der Waals surface area (Å²) in [6.07, 6.45) is 1.01. The number of carbonyl (C=O) groups excluding carboxylic acids is 1. The number of carbonyl (C=O) groups is 1. The third-order valence-electron chi connectivity index (χ3n) is 2.51. The maximum Gasteiger partial charge on any atom is 0.152 e. The third kappa shape index (κ3) is 3.28. The second-order valence-electron chi connectivity index (χ2n) is 4.02. The molecule has 4 heteroatoms. The summed E-state index contributed by atoms with van der Waals surface area (Å²) in [7, 11) is 0. The molecule has 1 aromatic carbocycles. The van der Waals surface area contributed by atoms with Gasteiger partial charge in [-0.2, -0.15) is 5.26 Å². The van der Waals surface area contributed by atoms with Crippen LogP contribution in [0.15, 0.2) is 18.2 Å². The highest BCUT2D eigenvalue weighted by Crippen LogP contribution is 2.22. The molecule has 0 unspecified atom stereocenters. The molecule has 0 aliphatic heterocycles. The van der Waals surface area contributed by atoms with Crippen LogP contribution in [0.2, 0.25) is 0 Å². The van der Waals surface area contributed by atoms with E-state index in [1.807, 2.05) is 18.7 Å². The van der Waals surface area contributed by atoms with Crippen LogP contribution in [0.1, 0.15) is 30.6 Å². The van der Waals surface area contributed by atoms with E-state index in [4.69, 9.17) is 5.26 Å². The fourth-order valence-corrected chi connectivity index (χ4v) is 1.71. The van der Waals surface area contributed by atoms with Crippen molar-refractivity contribution in [3.8, 4) is 6.07 Å². The predicted octanol–water partition coefficient (Wildman–Crippen LogP) is 2.77. The number of hydrogen-bond donors (Lipinski definition) is 0. The Morgan fingerprint density at radius 2 is 2.24 bits per heavy atom. The van der Waals surface area contributed by atoms with Gasteiger partial charge in [0.15, 0.2) is 6.29 Å². The quantitative estimate of drug-likeness (QED) is 0.736. The predicted molar refractivity (Wildman–Crippen MR) is 64.5 cm³/mol. The van der Waals surface area contributed by atoms with E-state index in [-0.39, 0.29) is 6.04 Å². The highest BCUT2D eigenvalue weighted by Gasteiger charge is 2.14. The molecule has 0 saturated heterocycles. The van der Waals surface area contributed by atoms with Crippen molar-refractivity contribution >= 4 is 12.0 Å². The Labute approximate surface area is 100 Å². The average molecular weight is 234 g/mol. The number of aldehydes is 1. The molecule has 0 heterocycles. The van der Waals surface area contributed by atoms with Gasteiger partial charge in [-0.3, -0.25) is 4.79 Å². The van der Waals surface area contributed by atoms with Crippen LogP contribution >= 0.6 is 0 Å². The van der Waals surface area contributed by atoms with E-state index < -0.39 is 5.82 Å². The summed E-state index contributed by atoms with van der Waals surface area (Å²) in [6.45, 7) is 4.46. The molecule has 17 heavy (non-hydrogen) atoms. The second-order valence-corrected chi connectivity index (χ2v) is 4.02. The summed E-state index contributed by atoms with van der Waals surface area (Å²) < 4.78 is 13.0. The van der Waals surface area contributed by atoms with Crippen LogP contribution in [-0.4, -0.2) is 18.9 Å². The summed E-state index contributed by atoms with van der Waals surface area (Å²) in [6, 6.07) is 6.33. The average Bonchev–Trinajstić information content (AvgIpc) is 2.30.